The minimum absolute atomic E-state index is 0.126. The zero-order valence-electron chi connectivity index (χ0n) is 9.31. The fraction of sp³-hybridized carbons (Fsp3) is 0.143. The van der Waals surface area contributed by atoms with E-state index in [4.69, 9.17) is 9.83 Å². The molecule has 0 fully saturated rings. The highest BCUT2D eigenvalue weighted by molar-refractivity contribution is 5.77. The lowest BCUT2D eigenvalue weighted by molar-refractivity contribution is 0.524. The number of allylic oxidation sites excluding steroid dienone is 4. The van der Waals surface area contributed by atoms with E-state index in [1.54, 1.807) is 0 Å². The van der Waals surface area contributed by atoms with Gasteiger partial charge in [-0.25, -0.2) is 4.98 Å². The maximum Gasteiger partial charge on any atom is 0.238 e. The van der Waals surface area contributed by atoms with Gasteiger partial charge >= 0.3 is 0 Å². The Morgan fingerprint density at radius 1 is 1.18 bits per heavy atom. The number of nitrogens with one attached hydrogen (secondary N) is 1. The first-order valence-electron chi connectivity index (χ1n) is 5.66. The number of fused-ring (bicyclic) bond motifs is 1. The van der Waals surface area contributed by atoms with Crippen molar-refractivity contribution in [1.82, 2.24) is 4.98 Å². The van der Waals surface area contributed by atoms with Crippen molar-refractivity contribution in [1.29, 1.82) is 5.41 Å². The second kappa shape index (κ2) is 4.01. The van der Waals surface area contributed by atoms with Gasteiger partial charge in [-0.1, -0.05) is 30.4 Å². The first-order valence-corrected chi connectivity index (χ1v) is 5.66. The number of aromatic nitrogens is 1. The van der Waals surface area contributed by atoms with Crippen molar-refractivity contribution in [2.24, 2.45) is 0 Å². The molecule has 3 nitrogen and oxygen atoms in total. The molecule has 1 heterocycles. The molecule has 0 atom stereocenters. The van der Waals surface area contributed by atoms with Gasteiger partial charge in [-0.2, -0.15) is 0 Å². The highest BCUT2D eigenvalue weighted by Crippen LogP contribution is 2.19. The van der Waals surface area contributed by atoms with Crippen molar-refractivity contribution in [3.8, 4) is 0 Å². The summed E-state index contributed by atoms with van der Waals surface area (Å²) in [4.78, 5) is 4.50. The van der Waals surface area contributed by atoms with Crippen molar-refractivity contribution in [3.05, 3.63) is 53.7 Å². The Kier molecular flexibility index (Phi) is 2.37. The molecular weight excluding hydrogens is 212 g/mol. The van der Waals surface area contributed by atoms with Crippen LogP contribution in [0.1, 0.15) is 18.5 Å². The third-order valence-electron chi connectivity index (χ3n) is 2.79. The monoisotopic (exact) mass is 224 g/mol. The van der Waals surface area contributed by atoms with Crippen molar-refractivity contribution < 1.29 is 4.42 Å². The molecule has 0 spiro atoms. The van der Waals surface area contributed by atoms with E-state index in [9.17, 15) is 0 Å². The fourth-order valence-corrected chi connectivity index (χ4v) is 1.95. The lowest BCUT2D eigenvalue weighted by Gasteiger charge is -2.06. The number of para-hydroxylation sites is 2. The summed E-state index contributed by atoms with van der Waals surface area (Å²) in [5.74, 6) is 0. The van der Waals surface area contributed by atoms with Gasteiger partial charge in [0, 0.05) is 5.57 Å². The predicted molar refractivity (Wildman–Crippen MR) is 66.2 cm³/mol. The Morgan fingerprint density at radius 3 is 2.88 bits per heavy atom. The van der Waals surface area contributed by atoms with Crippen LogP contribution in [0.15, 0.2) is 46.9 Å². The van der Waals surface area contributed by atoms with E-state index < -0.39 is 0 Å². The van der Waals surface area contributed by atoms with E-state index in [1.807, 2.05) is 30.3 Å². The molecule has 0 bridgehead atoms. The lowest BCUT2D eigenvalue weighted by atomic mass is 10.0. The van der Waals surface area contributed by atoms with Crippen molar-refractivity contribution in [2.75, 3.05) is 0 Å². The Morgan fingerprint density at radius 2 is 2.06 bits per heavy atom. The molecule has 2 aromatic rings. The molecule has 3 rings (SSSR count). The molecule has 0 saturated heterocycles. The zero-order valence-corrected chi connectivity index (χ0v) is 9.31. The molecule has 0 radical (unpaired) electrons. The Balaban J connectivity index is 2.23. The summed E-state index contributed by atoms with van der Waals surface area (Å²) >= 11 is 0. The molecule has 1 aliphatic carbocycles. The van der Waals surface area contributed by atoms with Crippen molar-refractivity contribution in [3.63, 3.8) is 0 Å². The number of hydrogen-bond donors (Lipinski definition) is 1. The minimum Gasteiger partial charge on any atom is -0.435 e. The molecule has 0 unspecified atom stereocenters. The first-order chi connectivity index (χ1) is 8.34. The van der Waals surface area contributed by atoms with Crippen LogP contribution in [-0.4, -0.2) is 4.98 Å². The lowest BCUT2D eigenvalue weighted by Crippen LogP contribution is -2.09. The normalized spacial score (nSPS) is 14.9. The number of nitrogens with zero attached hydrogens (tertiary/aromatic N) is 1. The van der Waals surface area contributed by atoms with E-state index in [0.29, 0.717) is 11.3 Å². The van der Waals surface area contributed by atoms with Crippen LogP contribution in [0.4, 0.5) is 0 Å². The molecule has 1 aliphatic rings. The Bertz CT molecular complexity index is 680. The van der Waals surface area contributed by atoms with Gasteiger partial charge in [0.05, 0.1) is 0 Å². The number of hydrogen-bond acceptors (Lipinski definition) is 3. The average molecular weight is 224 g/mol. The van der Waals surface area contributed by atoms with Crippen LogP contribution >= 0.6 is 0 Å². The van der Waals surface area contributed by atoms with Crippen LogP contribution in [0.5, 0.6) is 0 Å². The SMILES string of the molecule is N=c1oc2ccccc2nc1C1=CCCC=C1. The molecule has 17 heavy (non-hydrogen) atoms. The van der Waals surface area contributed by atoms with Crippen molar-refractivity contribution in [2.45, 2.75) is 12.8 Å². The minimum atomic E-state index is 0.126. The fourth-order valence-electron chi connectivity index (χ4n) is 1.95. The number of rotatable bonds is 1. The molecule has 3 heteroatoms. The quantitative estimate of drug-likeness (QED) is 0.809. The van der Waals surface area contributed by atoms with Gasteiger partial charge in [0.1, 0.15) is 11.2 Å². The van der Waals surface area contributed by atoms with Crippen LogP contribution in [-0.2, 0) is 0 Å². The Labute approximate surface area is 98.6 Å². The second-order valence-electron chi connectivity index (χ2n) is 4.00. The van der Waals surface area contributed by atoms with E-state index in [0.717, 1.165) is 23.9 Å². The molecule has 1 aromatic heterocycles. The maximum absolute atomic E-state index is 7.89. The Hall–Kier alpha value is -2.16. The van der Waals surface area contributed by atoms with Crippen LogP contribution in [0.3, 0.4) is 0 Å². The van der Waals surface area contributed by atoms with E-state index >= 15 is 0 Å². The summed E-state index contributed by atoms with van der Waals surface area (Å²) in [7, 11) is 0. The average Bonchev–Trinajstić information content (AvgIpc) is 2.39. The maximum atomic E-state index is 7.89. The summed E-state index contributed by atoms with van der Waals surface area (Å²) in [5, 5.41) is 7.89. The zero-order chi connectivity index (χ0) is 11.7. The number of benzene rings is 1. The van der Waals surface area contributed by atoms with Gasteiger partial charge in [0.15, 0.2) is 5.58 Å². The highest BCUT2D eigenvalue weighted by Gasteiger charge is 2.08. The van der Waals surface area contributed by atoms with Gasteiger partial charge in [-0.15, -0.1) is 0 Å². The molecule has 0 aliphatic heterocycles. The van der Waals surface area contributed by atoms with Gasteiger partial charge in [0.2, 0.25) is 5.55 Å². The summed E-state index contributed by atoms with van der Waals surface area (Å²) in [6.45, 7) is 0. The van der Waals surface area contributed by atoms with Gasteiger partial charge in [-0.05, 0) is 25.0 Å². The molecule has 0 amide bonds. The van der Waals surface area contributed by atoms with Crippen LogP contribution in [0.25, 0.3) is 16.7 Å². The van der Waals surface area contributed by atoms with Crippen LogP contribution in [0, 0.1) is 5.41 Å². The molecule has 1 N–H and O–H groups in total. The molecule has 0 saturated carbocycles. The smallest absolute Gasteiger partial charge is 0.238 e. The van der Waals surface area contributed by atoms with Crippen LogP contribution < -0.4 is 5.55 Å². The summed E-state index contributed by atoms with van der Waals surface area (Å²) < 4.78 is 5.48. The molecule has 84 valence electrons. The summed E-state index contributed by atoms with van der Waals surface area (Å²) in [5.41, 5.74) is 3.18. The predicted octanol–water partition coefficient (Wildman–Crippen LogP) is 3.04. The van der Waals surface area contributed by atoms with Crippen LogP contribution in [0.2, 0.25) is 0 Å². The first kappa shape index (κ1) is 10.0. The van der Waals surface area contributed by atoms with E-state index in [2.05, 4.69) is 17.1 Å². The largest absolute Gasteiger partial charge is 0.435 e. The van der Waals surface area contributed by atoms with Gasteiger partial charge in [0.25, 0.3) is 0 Å². The van der Waals surface area contributed by atoms with Gasteiger partial charge < -0.3 is 4.42 Å². The second-order valence-corrected chi connectivity index (χ2v) is 4.00. The standard InChI is InChI=1S/C14H12N2O/c15-14-13(10-6-2-1-3-7-10)16-11-8-4-5-9-12(11)17-14/h2,4-9,15H,1,3H2. The topological polar surface area (TPSA) is 49.9 Å². The summed E-state index contributed by atoms with van der Waals surface area (Å²) in [6.07, 6.45) is 8.27. The van der Waals surface area contributed by atoms with Crippen molar-refractivity contribution >= 4 is 16.7 Å². The molecular formula is C14H12N2O. The third kappa shape index (κ3) is 1.80. The van der Waals surface area contributed by atoms with E-state index in [-0.39, 0.29) is 5.55 Å². The van der Waals surface area contributed by atoms with E-state index in [1.165, 1.54) is 0 Å². The molecule has 1 aromatic carbocycles. The highest BCUT2D eigenvalue weighted by atomic mass is 16.3. The van der Waals surface area contributed by atoms with Gasteiger partial charge in [-0.3, -0.25) is 5.41 Å². The third-order valence-corrected chi connectivity index (χ3v) is 2.79. The summed E-state index contributed by atoms with van der Waals surface area (Å²) in [6, 6.07) is 7.53.